The predicted octanol–water partition coefficient (Wildman–Crippen LogP) is 2.10. The lowest BCUT2D eigenvalue weighted by Crippen LogP contribution is -2.27. The van der Waals surface area contributed by atoms with Gasteiger partial charge >= 0.3 is 5.97 Å². The first kappa shape index (κ1) is 15.1. The van der Waals surface area contributed by atoms with E-state index in [0.717, 1.165) is 12.8 Å². The van der Waals surface area contributed by atoms with E-state index >= 15 is 0 Å². The summed E-state index contributed by atoms with van der Waals surface area (Å²) < 4.78 is 10.1. The molecule has 0 spiro atoms. The van der Waals surface area contributed by atoms with Crippen LogP contribution in [-0.2, 0) is 19.1 Å². The summed E-state index contributed by atoms with van der Waals surface area (Å²) in [6, 6.07) is 0. The van der Waals surface area contributed by atoms with Crippen LogP contribution >= 0.6 is 0 Å². The van der Waals surface area contributed by atoms with E-state index in [4.69, 9.17) is 9.47 Å². The Bertz CT molecular complexity index is 213. The van der Waals surface area contributed by atoms with Crippen molar-refractivity contribution >= 4 is 11.8 Å². The number of ketones is 1. The lowest BCUT2D eigenvalue weighted by atomic mass is 10.1. The van der Waals surface area contributed by atoms with Crippen LogP contribution in [0.5, 0.6) is 0 Å². The average molecular weight is 230 g/mol. The van der Waals surface area contributed by atoms with E-state index in [9.17, 15) is 9.59 Å². The van der Waals surface area contributed by atoms with Crippen molar-refractivity contribution in [2.24, 2.45) is 0 Å². The topological polar surface area (TPSA) is 52.6 Å². The average Bonchev–Trinajstić information content (AvgIpc) is 2.24. The van der Waals surface area contributed by atoms with Crippen LogP contribution in [0.4, 0.5) is 0 Å². The molecular formula is C12H22O4. The minimum Gasteiger partial charge on any atom is -0.466 e. The van der Waals surface area contributed by atoms with Crippen LogP contribution in [0.1, 0.15) is 46.5 Å². The molecule has 0 fully saturated rings. The van der Waals surface area contributed by atoms with Gasteiger partial charge in [0.05, 0.1) is 6.61 Å². The summed E-state index contributed by atoms with van der Waals surface area (Å²) in [5, 5.41) is 0. The number of carbonyl (C=O) groups excluding carboxylic acids is 2. The minimum absolute atomic E-state index is 0.182. The molecule has 4 heteroatoms. The van der Waals surface area contributed by atoms with Gasteiger partial charge in [-0.2, -0.15) is 0 Å². The first-order chi connectivity index (χ1) is 7.65. The van der Waals surface area contributed by atoms with Crippen molar-refractivity contribution < 1.29 is 19.1 Å². The van der Waals surface area contributed by atoms with Gasteiger partial charge in [-0.3, -0.25) is 9.59 Å². The van der Waals surface area contributed by atoms with E-state index in [1.807, 2.05) is 6.92 Å². The normalized spacial score (nSPS) is 12.2. The molecule has 0 aliphatic heterocycles. The molecular weight excluding hydrogens is 208 g/mol. The van der Waals surface area contributed by atoms with E-state index in [1.54, 1.807) is 6.92 Å². The van der Waals surface area contributed by atoms with Crippen LogP contribution in [0.3, 0.4) is 0 Å². The second kappa shape index (κ2) is 9.33. The summed E-state index contributed by atoms with van der Waals surface area (Å²) >= 11 is 0. The largest absolute Gasteiger partial charge is 0.466 e. The highest BCUT2D eigenvalue weighted by Gasteiger charge is 2.20. The van der Waals surface area contributed by atoms with Gasteiger partial charge in [-0.15, -0.1) is 0 Å². The predicted molar refractivity (Wildman–Crippen MR) is 61.2 cm³/mol. The van der Waals surface area contributed by atoms with E-state index in [2.05, 4.69) is 6.92 Å². The maximum Gasteiger partial charge on any atom is 0.313 e. The summed E-state index contributed by atoms with van der Waals surface area (Å²) in [4.78, 5) is 22.7. The fraction of sp³-hybridized carbons (Fsp3) is 0.833. The van der Waals surface area contributed by atoms with E-state index in [1.165, 1.54) is 0 Å². The molecule has 0 N–H and O–H groups in total. The number of carbonyl (C=O) groups is 2. The second-order valence-electron chi connectivity index (χ2n) is 3.57. The Morgan fingerprint density at radius 3 is 2.38 bits per heavy atom. The first-order valence-corrected chi connectivity index (χ1v) is 5.95. The molecule has 0 saturated heterocycles. The molecule has 0 heterocycles. The number of hydrogen-bond acceptors (Lipinski definition) is 4. The zero-order chi connectivity index (χ0) is 12.4. The zero-order valence-corrected chi connectivity index (χ0v) is 10.5. The van der Waals surface area contributed by atoms with Gasteiger partial charge in [-0.05, 0) is 19.8 Å². The standard InChI is InChI=1S/C12H22O4/c1-4-7-8-16-11(5-2)10(13)9-12(14)15-6-3/h11H,4-9H2,1-3H3. The van der Waals surface area contributed by atoms with E-state index in [0.29, 0.717) is 19.6 Å². The van der Waals surface area contributed by atoms with Gasteiger partial charge in [0.1, 0.15) is 12.5 Å². The monoisotopic (exact) mass is 230 g/mol. The van der Waals surface area contributed by atoms with Gasteiger partial charge in [0, 0.05) is 6.61 Å². The Balaban J connectivity index is 3.95. The smallest absolute Gasteiger partial charge is 0.313 e. The Kier molecular flexibility index (Phi) is 8.81. The number of ether oxygens (including phenoxy) is 2. The fourth-order valence-corrected chi connectivity index (χ4v) is 1.28. The Hall–Kier alpha value is -0.900. The summed E-state index contributed by atoms with van der Waals surface area (Å²) in [6.45, 7) is 6.53. The van der Waals surface area contributed by atoms with Gasteiger partial charge in [-0.25, -0.2) is 0 Å². The van der Waals surface area contributed by atoms with Gasteiger partial charge < -0.3 is 9.47 Å². The van der Waals surface area contributed by atoms with Crippen molar-refractivity contribution in [3.63, 3.8) is 0 Å². The zero-order valence-electron chi connectivity index (χ0n) is 10.5. The molecule has 16 heavy (non-hydrogen) atoms. The highest BCUT2D eigenvalue weighted by Crippen LogP contribution is 2.05. The molecule has 4 nitrogen and oxygen atoms in total. The molecule has 94 valence electrons. The third kappa shape index (κ3) is 6.56. The van der Waals surface area contributed by atoms with Crippen molar-refractivity contribution in [2.75, 3.05) is 13.2 Å². The fourth-order valence-electron chi connectivity index (χ4n) is 1.28. The van der Waals surface area contributed by atoms with Gasteiger partial charge in [0.25, 0.3) is 0 Å². The van der Waals surface area contributed by atoms with Crippen LogP contribution < -0.4 is 0 Å². The lowest BCUT2D eigenvalue weighted by Gasteiger charge is -2.14. The minimum atomic E-state index is -0.468. The Morgan fingerprint density at radius 2 is 1.88 bits per heavy atom. The van der Waals surface area contributed by atoms with Gasteiger partial charge in [0.2, 0.25) is 0 Å². The quantitative estimate of drug-likeness (QED) is 0.346. The molecule has 0 radical (unpaired) electrons. The van der Waals surface area contributed by atoms with E-state index in [-0.39, 0.29) is 12.2 Å². The molecule has 0 rings (SSSR count). The molecule has 0 aliphatic rings. The Labute approximate surface area is 97.3 Å². The SMILES string of the molecule is CCCCOC(CC)C(=O)CC(=O)OCC. The van der Waals surface area contributed by atoms with Crippen molar-refractivity contribution in [3.05, 3.63) is 0 Å². The highest BCUT2D eigenvalue weighted by atomic mass is 16.5. The van der Waals surface area contributed by atoms with Crippen LogP contribution in [0.2, 0.25) is 0 Å². The van der Waals surface area contributed by atoms with Gasteiger partial charge in [-0.1, -0.05) is 20.3 Å². The number of unbranched alkanes of at least 4 members (excludes halogenated alkanes) is 1. The summed E-state index contributed by atoms with van der Waals surface area (Å²) in [6.07, 6.45) is 1.92. The maximum absolute atomic E-state index is 11.6. The number of esters is 1. The molecule has 0 amide bonds. The molecule has 1 atom stereocenters. The maximum atomic E-state index is 11.6. The third-order valence-electron chi connectivity index (χ3n) is 2.17. The molecule has 0 bridgehead atoms. The van der Waals surface area contributed by atoms with Gasteiger partial charge in [0.15, 0.2) is 5.78 Å². The Morgan fingerprint density at radius 1 is 1.19 bits per heavy atom. The van der Waals surface area contributed by atoms with Crippen LogP contribution in [0.25, 0.3) is 0 Å². The number of Topliss-reactive ketones (excluding diaryl/α,β-unsaturated/α-hetero) is 1. The summed E-state index contributed by atoms with van der Waals surface area (Å²) in [7, 11) is 0. The lowest BCUT2D eigenvalue weighted by molar-refractivity contribution is -0.148. The third-order valence-corrected chi connectivity index (χ3v) is 2.17. The second-order valence-corrected chi connectivity index (χ2v) is 3.57. The van der Waals surface area contributed by atoms with Crippen molar-refractivity contribution in [1.29, 1.82) is 0 Å². The van der Waals surface area contributed by atoms with E-state index < -0.39 is 12.1 Å². The first-order valence-electron chi connectivity index (χ1n) is 5.95. The molecule has 0 aliphatic carbocycles. The van der Waals surface area contributed by atoms with Crippen molar-refractivity contribution in [1.82, 2.24) is 0 Å². The molecule has 1 unspecified atom stereocenters. The molecule has 0 saturated carbocycles. The number of hydrogen-bond donors (Lipinski definition) is 0. The summed E-state index contributed by atoms with van der Waals surface area (Å²) in [5.41, 5.74) is 0. The van der Waals surface area contributed by atoms with Crippen LogP contribution in [-0.4, -0.2) is 31.1 Å². The van der Waals surface area contributed by atoms with Crippen LogP contribution in [0.15, 0.2) is 0 Å². The summed E-state index contributed by atoms with van der Waals surface area (Å²) in [5.74, 6) is -0.651. The molecule has 0 aromatic rings. The molecule has 0 aromatic heterocycles. The highest BCUT2D eigenvalue weighted by molar-refractivity contribution is 5.97. The molecule has 0 aromatic carbocycles. The van der Waals surface area contributed by atoms with Crippen molar-refractivity contribution in [2.45, 2.75) is 52.6 Å². The van der Waals surface area contributed by atoms with Crippen LogP contribution in [0, 0.1) is 0 Å². The van der Waals surface area contributed by atoms with Crippen molar-refractivity contribution in [3.8, 4) is 0 Å². The number of rotatable bonds is 9.